The van der Waals surface area contributed by atoms with Gasteiger partial charge in [0.1, 0.15) is 18.1 Å². The number of para-hydroxylation sites is 3. The first-order chi connectivity index (χ1) is 14.4. The number of nitrogens with zero attached hydrogens (tertiary/aromatic N) is 2. The van der Waals surface area contributed by atoms with Crippen molar-refractivity contribution >= 4 is 44.0 Å². The summed E-state index contributed by atoms with van der Waals surface area (Å²) in [5.41, 5.74) is 0.712. The summed E-state index contributed by atoms with van der Waals surface area (Å²) in [5, 5.41) is 3.01. The maximum atomic E-state index is 14.5. The lowest BCUT2D eigenvalue weighted by atomic mass is 10.2. The maximum absolute atomic E-state index is 14.5. The number of nitrogens with one attached hydrogen (secondary N) is 1. The van der Waals surface area contributed by atoms with E-state index in [1.165, 1.54) is 29.8 Å². The van der Waals surface area contributed by atoms with Gasteiger partial charge in [-0.1, -0.05) is 36.0 Å². The fourth-order valence-corrected chi connectivity index (χ4v) is 7.25. The fourth-order valence-electron chi connectivity index (χ4n) is 3.48. The molecule has 2 aliphatic heterocycles. The summed E-state index contributed by atoms with van der Waals surface area (Å²) in [5.74, 6) is -0.345. The van der Waals surface area contributed by atoms with Gasteiger partial charge in [0.05, 0.1) is 36.0 Å². The highest BCUT2D eigenvalue weighted by Gasteiger charge is 2.44. The highest BCUT2D eigenvalue weighted by Crippen LogP contribution is 2.37. The van der Waals surface area contributed by atoms with Crippen molar-refractivity contribution in [2.24, 2.45) is 4.99 Å². The van der Waals surface area contributed by atoms with Gasteiger partial charge in [-0.2, -0.15) is 0 Å². The van der Waals surface area contributed by atoms with E-state index in [2.05, 4.69) is 10.3 Å². The summed E-state index contributed by atoms with van der Waals surface area (Å²) in [7, 11) is -1.61. The number of aliphatic imine (C=N–C) groups is 1. The number of rotatable bonds is 5. The molecule has 2 heterocycles. The third kappa shape index (κ3) is 4.29. The van der Waals surface area contributed by atoms with Crippen LogP contribution in [0.3, 0.4) is 0 Å². The van der Waals surface area contributed by atoms with Gasteiger partial charge in [-0.05, 0) is 24.3 Å². The second-order valence-corrected chi connectivity index (χ2v) is 10.4. The van der Waals surface area contributed by atoms with Gasteiger partial charge in [0.15, 0.2) is 15.0 Å². The Kier molecular flexibility index (Phi) is 5.70. The first-order valence-corrected chi connectivity index (χ1v) is 12.0. The molecule has 1 N–H and O–H groups in total. The van der Waals surface area contributed by atoms with Crippen LogP contribution in [0, 0.1) is 5.82 Å². The number of hydrogen-bond donors (Lipinski definition) is 1. The van der Waals surface area contributed by atoms with E-state index in [1.807, 2.05) is 0 Å². The number of sulfone groups is 1. The molecule has 4 rings (SSSR count). The molecule has 1 saturated heterocycles. The molecular weight excluding hydrogens is 429 g/mol. The lowest BCUT2D eigenvalue weighted by Crippen LogP contribution is -2.37. The molecular formula is C20H20FN3O4S2. The highest BCUT2D eigenvalue weighted by atomic mass is 32.2. The monoisotopic (exact) mass is 449 g/mol. The number of fused-ring (bicyclic) bond motifs is 1. The molecule has 0 saturated carbocycles. The molecule has 2 atom stereocenters. The lowest BCUT2D eigenvalue weighted by Gasteiger charge is -2.24. The van der Waals surface area contributed by atoms with Crippen LogP contribution >= 0.6 is 11.8 Å². The Balaban J connectivity index is 1.59. The number of carbonyl (C=O) groups excluding carboxylic acids is 1. The number of amidine groups is 1. The number of halogens is 1. The second kappa shape index (κ2) is 8.27. The first-order valence-electron chi connectivity index (χ1n) is 9.26. The third-order valence-corrected chi connectivity index (χ3v) is 8.11. The van der Waals surface area contributed by atoms with Crippen molar-refractivity contribution < 1.29 is 22.3 Å². The van der Waals surface area contributed by atoms with Crippen LogP contribution in [-0.4, -0.2) is 55.9 Å². The predicted octanol–water partition coefficient (Wildman–Crippen LogP) is 2.55. The van der Waals surface area contributed by atoms with E-state index in [9.17, 15) is 17.6 Å². The van der Waals surface area contributed by atoms with Crippen LogP contribution in [0.2, 0.25) is 0 Å². The van der Waals surface area contributed by atoms with Gasteiger partial charge in [0.25, 0.3) is 0 Å². The molecule has 1 fully saturated rings. The van der Waals surface area contributed by atoms with Crippen LogP contribution in [0.5, 0.6) is 5.75 Å². The summed E-state index contributed by atoms with van der Waals surface area (Å²) in [4.78, 5) is 18.8. The van der Waals surface area contributed by atoms with E-state index in [0.29, 0.717) is 16.6 Å². The van der Waals surface area contributed by atoms with Gasteiger partial charge < -0.3 is 15.0 Å². The second-order valence-electron chi connectivity index (χ2n) is 7.00. The smallest absolute Gasteiger partial charge is 0.244 e. The van der Waals surface area contributed by atoms with Crippen molar-refractivity contribution in [1.82, 2.24) is 0 Å². The summed E-state index contributed by atoms with van der Waals surface area (Å²) < 4.78 is 43.5. The molecule has 30 heavy (non-hydrogen) atoms. The zero-order valence-corrected chi connectivity index (χ0v) is 17.7. The molecule has 0 bridgehead atoms. The number of hydrogen-bond acceptors (Lipinski definition) is 7. The van der Waals surface area contributed by atoms with Crippen LogP contribution in [0.15, 0.2) is 53.5 Å². The molecule has 0 spiro atoms. The molecule has 0 aromatic heterocycles. The number of amides is 1. The predicted molar refractivity (Wildman–Crippen MR) is 117 cm³/mol. The quantitative estimate of drug-likeness (QED) is 0.755. The van der Waals surface area contributed by atoms with Gasteiger partial charge >= 0.3 is 0 Å². The Bertz CT molecular complexity index is 1110. The van der Waals surface area contributed by atoms with Crippen molar-refractivity contribution in [3.05, 3.63) is 54.3 Å². The normalized spacial score (nSPS) is 21.6. The Morgan fingerprint density at radius 2 is 1.97 bits per heavy atom. The van der Waals surface area contributed by atoms with Crippen molar-refractivity contribution in [2.75, 3.05) is 35.4 Å². The number of methoxy groups -OCH3 is 1. The molecule has 7 nitrogen and oxygen atoms in total. The van der Waals surface area contributed by atoms with Gasteiger partial charge in [-0.25, -0.2) is 12.8 Å². The Morgan fingerprint density at radius 1 is 1.23 bits per heavy atom. The Hall–Kier alpha value is -2.59. The fraction of sp³-hybridized carbons (Fsp3) is 0.300. The molecule has 10 heteroatoms. The van der Waals surface area contributed by atoms with Crippen LogP contribution in [0.25, 0.3) is 0 Å². The van der Waals surface area contributed by atoms with E-state index in [-0.39, 0.29) is 40.9 Å². The van der Waals surface area contributed by atoms with Crippen molar-refractivity contribution in [3.8, 4) is 5.75 Å². The average molecular weight is 450 g/mol. The summed E-state index contributed by atoms with van der Waals surface area (Å²) in [6, 6.07) is 12.7. The minimum atomic E-state index is -3.11. The molecule has 0 aliphatic carbocycles. The third-order valence-electron chi connectivity index (χ3n) is 4.86. The highest BCUT2D eigenvalue weighted by molar-refractivity contribution is 8.15. The molecule has 158 valence electrons. The number of carbonyl (C=O) groups is 1. The number of ether oxygens (including phenoxy) is 1. The minimum absolute atomic E-state index is 0.0211. The van der Waals surface area contributed by atoms with Crippen LogP contribution in [0.1, 0.15) is 0 Å². The van der Waals surface area contributed by atoms with Crippen LogP contribution < -0.4 is 15.0 Å². The zero-order chi connectivity index (χ0) is 21.3. The SMILES string of the molecule is COc1ccccc1NC(=O)CN(C1=N[C@H]2CS(=O)(=O)C[C@H]2S1)c1ccccc1F. The van der Waals surface area contributed by atoms with Crippen molar-refractivity contribution in [1.29, 1.82) is 0 Å². The largest absolute Gasteiger partial charge is 0.495 e. The van der Waals surface area contributed by atoms with E-state index < -0.39 is 15.7 Å². The molecule has 1 amide bonds. The van der Waals surface area contributed by atoms with E-state index in [0.717, 1.165) is 0 Å². The Labute approximate surface area is 178 Å². The maximum Gasteiger partial charge on any atom is 0.244 e. The Morgan fingerprint density at radius 3 is 2.70 bits per heavy atom. The zero-order valence-electron chi connectivity index (χ0n) is 16.1. The first kappa shape index (κ1) is 20.7. The van der Waals surface area contributed by atoms with Gasteiger partial charge in [-0.3, -0.25) is 9.79 Å². The number of benzene rings is 2. The summed E-state index contributed by atoms with van der Waals surface area (Å²) in [6.45, 7) is -0.184. The van der Waals surface area contributed by atoms with Crippen LogP contribution in [-0.2, 0) is 14.6 Å². The number of thioether (sulfide) groups is 1. The average Bonchev–Trinajstić information content (AvgIpc) is 3.20. The van der Waals surface area contributed by atoms with Crippen LogP contribution in [0.4, 0.5) is 15.8 Å². The molecule has 2 aliphatic rings. The van der Waals surface area contributed by atoms with Crippen molar-refractivity contribution in [3.63, 3.8) is 0 Å². The van der Waals surface area contributed by atoms with Crippen molar-refractivity contribution in [2.45, 2.75) is 11.3 Å². The van der Waals surface area contributed by atoms with Gasteiger partial charge in [0.2, 0.25) is 5.91 Å². The molecule has 0 radical (unpaired) electrons. The summed E-state index contributed by atoms with van der Waals surface area (Å²) >= 11 is 1.28. The minimum Gasteiger partial charge on any atom is -0.495 e. The van der Waals surface area contributed by atoms with Gasteiger partial charge in [0, 0.05) is 5.25 Å². The number of anilines is 2. The lowest BCUT2D eigenvalue weighted by molar-refractivity contribution is -0.114. The molecule has 2 aromatic carbocycles. The van der Waals surface area contributed by atoms with E-state index >= 15 is 0 Å². The topological polar surface area (TPSA) is 88.1 Å². The summed E-state index contributed by atoms with van der Waals surface area (Å²) in [6.07, 6.45) is 0. The van der Waals surface area contributed by atoms with Gasteiger partial charge in [-0.15, -0.1) is 0 Å². The standard InChI is InChI=1S/C20H20FN3O4S2/c1-28-17-9-5-3-7-14(17)22-19(25)10-24(16-8-4-2-6-13(16)21)20-23-15-11-30(26,27)12-18(15)29-20/h2-9,15,18H,10-12H2,1H3,(H,22,25)/t15-,18+/m0/s1. The van der Waals surface area contributed by atoms with E-state index in [1.54, 1.807) is 42.5 Å². The molecule has 0 unspecified atom stereocenters. The molecule has 2 aromatic rings. The van der Waals surface area contributed by atoms with E-state index in [4.69, 9.17) is 4.74 Å².